The quantitative estimate of drug-likeness (QED) is 0.226. The molecule has 4 rings (SSSR count). The number of carbonyl (C=O) groups is 1. The highest BCUT2D eigenvalue weighted by Crippen LogP contribution is 2.33. The molecule has 0 saturated heterocycles. The van der Waals surface area contributed by atoms with Gasteiger partial charge in [0.1, 0.15) is 11.3 Å². The van der Waals surface area contributed by atoms with E-state index in [1.54, 1.807) is 25.1 Å². The maximum Gasteiger partial charge on any atom is 0.343 e. The molecule has 3 aromatic carbocycles. The van der Waals surface area contributed by atoms with Crippen molar-refractivity contribution >= 4 is 16.9 Å². The molecule has 1 aromatic heterocycles. The smallest absolute Gasteiger partial charge is 0.343 e. The van der Waals surface area contributed by atoms with Crippen molar-refractivity contribution in [2.75, 3.05) is 0 Å². The van der Waals surface area contributed by atoms with E-state index in [0.717, 1.165) is 22.1 Å². The molecule has 4 aromatic rings. The molecule has 156 valence electrons. The minimum atomic E-state index is -0.454. The summed E-state index contributed by atoms with van der Waals surface area (Å²) < 4.78 is 11.1. The Kier molecular flexibility index (Phi) is 5.24. The van der Waals surface area contributed by atoms with Gasteiger partial charge < -0.3 is 9.15 Å². The number of benzene rings is 3. The zero-order chi connectivity index (χ0) is 22.2. The molecule has 0 atom stereocenters. The summed E-state index contributed by atoms with van der Waals surface area (Å²) in [6, 6.07) is 22.1. The minimum absolute atomic E-state index is 0.00533. The van der Waals surface area contributed by atoms with Gasteiger partial charge in [0.05, 0.1) is 5.56 Å². The molecular weight excluding hydrogens is 388 g/mol. The van der Waals surface area contributed by atoms with Crippen LogP contribution < -0.4 is 10.4 Å². The van der Waals surface area contributed by atoms with Crippen LogP contribution in [-0.2, 0) is 5.41 Å². The molecular formula is C27H24O4. The van der Waals surface area contributed by atoms with Gasteiger partial charge in [-0.1, -0.05) is 63.2 Å². The van der Waals surface area contributed by atoms with E-state index in [9.17, 15) is 9.59 Å². The Morgan fingerprint density at radius 1 is 0.903 bits per heavy atom. The van der Waals surface area contributed by atoms with Crippen molar-refractivity contribution < 1.29 is 13.9 Å². The molecule has 0 unspecified atom stereocenters. The SMILES string of the molecule is Cc1c(OC(=O)c2ccc(C(C)(C)C)cc2)ccc2c(-c3ccccc3)cc(=O)oc12. The standard InChI is InChI=1S/C27H24O4/c1-17-23(30-26(29)19-10-12-20(13-11-19)27(2,3)4)15-14-21-22(16-24(28)31-25(17)21)18-8-6-5-7-9-18/h5-16H,1-4H3. The molecule has 0 N–H and O–H groups in total. The Morgan fingerprint density at radius 3 is 2.23 bits per heavy atom. The summed E-state index contributed by atoms with van der Waals surface area (Å²) in [7, 11) is 0. The van der Waals surface area contributed by atoms with Crippen LogP contribution in [0.3, 0.4) is 0 Å². The minimum Gasteiger partial charge on any atom is -0.423 e. The highest BCUT2D eigenvalue weighted by Gasteiger charge is 2.18. The van der Waals surface area contributed by atoms with E-state index in [2.05, 4.69) is 20.8 Å². The maximum atomic E-state index is 12.7. The molecule has 0 fully saturated rings. The van der Waals surface area contributed by atoms with E-state index in [-0.39, 0.29) is 5.41 Å². The van der Waals surface area contributed by atoms with Gasteiger partial charge in [0.2, 0.25) is 0 Å². The molecule has 0 aliphatic rings. The first-order chi connectivity index (χ1) is 14.7. The van der Waals surface area contributed by atoms with E-state index in [1.807, 2.05) is 48.5 Å². The molecule has 0 aliphatic carbocycles. The van der Waals surface area contributed by atoms with Crippen LogP contribution >= 0.6 is 0 Å². The van der Waals surface area contributed by atoms with Gasteiger partial charge >= 0.3 is 11.6 Å². The number of hydrogen-bond donors (Lipinski definition) is 0. The van der Waals surface area contributed by atoms with Crippen molar-refractivity contribution in [3.8, 4) is 16.9 Å². The second-order valence-electron chi connectivity index (χ2n) is 8.63. The predicted octanol–water partition coefficient (Wildman–Crippen LogP) is 6.29. The van der Waals surface area contributed by atoms with Crippen LogP contribution in [0, 0.1) is 6.92 Å². The molecule has 0 amide bonds. The average Bonchev–Trinajstić information content (AvgIpc) is 2.75. The van der Waals surface area contributed by atoms with E-state index in [4.69, 9.17) is 9.15 Å². The van der Waals surface area contributed by atoms with E-state index < -0.39 is 11.6 Å². The van der Waals surface area contributed by atoms with Gasteiger partial charge in [0.15, 0.2) is 0 Å². The van der Waals surface area contributed by atoms with Crippen LogP contribution in [0.15, 0.2) is 82.0 Å². The summed E-state index contributed by atoms with van der Waals surface area (Å²) in [5.41, 5.74) is 3.88. The Bertz CT molecular complexity index is 1310. The summed E-state index contributed by atoms with van der Waals surface area (Å²) in [5.74, 6) is -0.0878. The van der Waals surface area contributed by atoms with Crippen molar-refractivity contribution in [2.45, 2.75) is 33.1 Å². The molecule has 0 aliphatic heterocycles. The normalized spacial score (nSPS) is 11.5. The zero-order valence-electron chi connectivity index (χ0n) is 18.1. The monoisotopic (exact) mass is 412 g/mol. The van der Waals surface area contributed by atoms with Crippen molar-refractivity contribution in [1.29, 1.82) is 0 Å². The molecule has 4 nitrogen and oxygen atoms in total. The van der Waals surface area contributed by atoms with E-state index in [0.29, 0.717) is 22.5 Å². The van der Waals surface area contributed by atoms with E-state index in [1.165, 1.54) is 6.07 Å². The Balaban J connectivity index is 1.70. The third kappa shape index (κ3) is 4.15. The lowest BCUT2D eigenvalue weighted by Gasteiger charge is -2.19. The van der Waals surface area contributed by atoms with Gasteiger partial charge in [-0.25, -0.2) is 9.59 Å². The number of hydrogen-bond acceptors (Lipinski definition) is 4. The van der Waals surface area contributed by atoms with Gasteiger partial charge in [0.25, 0.3) is 0 Å². The van der Waals surface area contributed by atoms with Gasteiger partial charge in [-0.3, -0.25) is 0 Å². The lowest BCUT2D eigenvalue weighted by atomic mass is 9.87. The Morgan fingerprint density at radius 2 is 1.58 bits per heavy atom. The second-order valence-corrected chi connectivity index (χ2v) is 8.63. The fourth-order valence-corrected chi connectivity index (χ4v) is 3.58. The van der Waals surface area contributed by atoms with Crippen molar-refractivity contribution in [1.82, 2.24) is 0 Å². The largest absolute Gasteiger partial charge is 0.423 e. The molecule has 0 radical (unpaired) electrons. The number of ether oxygens (including phenoxy) is 1. The number of fused-ring (bicyclic) bond motifs is 1. The number of rotatable bonds is 3. The summed E-state index contributed by atoms with van der Waals surface area (Å²) in [5, 5.41) is 0.789. The molecule has 1 heterocycles. The summed E-state index contributed by atoms with van der Waals surface area (Å²) in [6.45, 7) is 8.15. The first kappa shape index (κ1) is 20.6. The van der Waals surface area contributed by atoms with Crippen LogP contribution in [0.2, 0.25) is 0 Å². The van der Waals surface area contributed by atoms with E-state index >= 15 is 0 Å². The van der Waals surface area contributed by atoms with Crippen LogP contribution in [0.25, 0.3) is 22.1 Å². The van der Waals surface area contributed by atoms with Gasteiger partial charge in [-0.15, -0.1) is 0 Å². The first-order valence-electron chi connectivity index (χ1n) is 10.2. The average molecular weight is 412 g/mol. The second kappa shape index (κ2) is 7.88. The number of esters is 1. The fraction of sp³-hybridized carbons (Fsp3) is 0.185. The van der Waals surface area contributed by atoms with Crippen LogP contribution in [0.1, 0.15) is 42.3 Å². The predicted molar refractivity (Wildman–Crippen MR) is 123 cm³/mol. The molecule has 31 heavy (non-hydrogen) atoms. The third-order valence-electron chi connectivity index (χ3n) is 5.39. The van der Waals surface area contributed by atoms with Gasteiger partial charge in [-0.2, -0.15) is 0 Å². The van der Waals surface area contributed by atoms with Crippen LogP contribution in [0.5, 0.6) is 5.75 Å². The third-order valence-corrected chi connectivity index (χ3v) is 5.39. The van der Waals surface area contributed by atoms with Gasteiger partial charge in [-0.05, 0) is 53.3 Å². The molecule has 0 bridgehead atoms. The molecule has 0 spiro atoms. The van der Waals surface area contributed by atoms with Crippen molar-refractivity contribution in [3.05, 3.63) is 99.9 Å². The topological polar surface area (TPSA) is 56.5 Å². The maximum absolute atomic E-state index is 12.7. The highest BCUT2D eigenvalue weighted by molar-refractivity contribution is 5.97. The van der Waals surface area contributed by atoms with Crippen molar-refractivity contribution in [2.24, 2.45) is 0 Å². The molecule has 4 heteroatoms. The first-order valence-corrected chi connectivity index (χ1v) is 10.2. The Labute approximate surface area is 181 Å². The summed E-state index contributed by atoms with van der Waals surface area (Å²) in [6.07, 6.45) is 0. The zero-order valence-corrected chi connectivity index (χ0v) is 18.1. The number of carbonyl (C=O) groups excluding carboxylic acids is 1. The number of aryl methyl sites for hydroxylation is 1. The van der Waals surface area contributed by atoms with Crippen LogP contribution in [-0.4, -0.2) is 5.97 Å². The Hall–Kier alpha value is -3.66. The summed E-state index contributed by atoms with van der Waals surface area (Å²) >= 11 is 0. The lowest BCUT2D eigenvalue weighted by molar-refractivity contribution is 0.0733. The summed E-state index contributed by atoms with van der Waals surface area (Å²) in [4.78, 5) is 24.9. The van der Waals surface area contributed by atoms with Gasteiger partial charge in [0, 0.05) is 17.0 Å². The molecule has 0 saturated carbocycles. The fourth-order valence-electron chi connectivity index (χ4n) is 3.58. The lowest BCUT2D eigenvalue weighted by Crippen LogP contribution is -2.13. The highest BCUT2D eigenvalue weighted by atomic mass is 16.5. The van der Waals surface area contributed by atoms with Crippen LogP contribution in [0.4, 0.5) is 0 Å². The van der Waals surface area contributed by atoms with Crippen molar-refractivity contribution in [3.63, 3.8) is 0 Å².